The molecule has 11 heavy (non-hydrogen) atoms. The van der Waals surface area contributed by atoms with Crippen LogP contribution in [0.1, 0.15) is 0 Å². The van der Waals surface area contributed by atoms with Crippen LogP contribution in [0.5, 0.6) is 5.75 Å². The van der Waals surface area contributed by atoms with Gasteiger partial charge in [0.1, 0.15) is 0 Å². The molecule has 0 amide bonds. The third kappa shape index (κ3) is 2.05. The van der Waals surface area contributed by atoms with E-state index in [-0.39, 0.29) is 6.61 Å². The topological polar surface area (TPSA) is 64.3 Å². The molecule has 0 unspecified atom stereocenters. The van der Waals surface area contributed by atoms with Gasteiger partial charge in [0.2, 0.25) is 0 Å². The fraction of sp³-hybridized carbons (Fsp3) is 0.333. The van der Waals surface area contributed by atoms with Crippen molar-refractivity contribution in [3.63, 3.8) is 0 Å². The summed E-state index contributed by atoms with van der Waals surface area (Å²) in [7, 11) is 0. The molecule has 5 heteroatoms. The van der Waals surface area contributed by atoms with Crippen molar-refractivity contribution >= 4 is 6.47 Å². The number of hydrogen-bond acceptors (Lipinski definition) is 4. The summed E-state index contributed by atoms with van der Waals surface area (Å²) in [6, 6.07) is 0. The summed E-state index contributed by atoms with van der Waals surface area (Å²) in [6.07, 6.45) is 2.94. The van der Waals surface area contributed by atoms with Gasteiger partial charge in [0, 0.05) is 0 Å². The van der Waals surface area contributed by atoms with E-state index in [4.69, 9.17) is 5.11 Å². The van der Waals surface area contributed by atoms with Gasteiger partial charge in [0.05, 0.1) is 25.5 Å². The predicted molar refractivity (Wildman–Crippen MR) is 36.0 cm³/mol. The highest BCUT2D eigenvalue weighted by Crippen LogP contribution is 2.05. The van der Waals surface area contributed by atoms with Crippen molar-refractivity contribution in [2.75, 3.05) is 6.61 Å². The van der Waals surface area contributed by atoms with Crippen molar-refractivity contribution < 1.29 is 14.6 Å². The van der Waals surface area contributed by atoms with Gasteiger partial charge in [-0.3, -0.25) is 9.48 Å². The normalized spacial score (nSPS) is 9.55. The Labute approximate surface area is 63.2 Å². The highest BCUT2D eigenvalue weighted by atomic mass is 16.5. The highest BCUT2D eigenvalue weighted by molar-refractivity contribution is 5.43. The lowest BCUT2D eigenvalue weighted by molar-refractivity contribution is -0.120. The molecule has 1 aromatic rings. The van der Waals surface area contributed by atoms with Crippen molar-refractivity contribution in [1.29, 1.82) is 0 Å². The Hall–Kier alpha value is -1.36. The van der Waals surface area contributed by atoms with Crippen molar-refractivity contribution in [3.8, 4) is 5.75 Å². The first-order valence-electron chi connectivity index (χ1n) is 3.10. The number of aliphatic hydroxyl groups is 1. The first-order valence-corrected chi connectivity index (χ1v) is 3.10. The SMILES string of the molecule is O=COc1cnn(CCO)c1. The Morgan fingerprint density at radius 3 is 3.27 bits per heavy atom. The van der Waals surface area contributed by atoms with Crippen LogP contribution in [-0.4, -0.2) is 28.0 Å². The molecule has 0 saturated carbocycles. The van der Waals surface area contributed by atoms with Crippen LogP contribution in [0.4, 0.5) is 0 Å². The largest absolute Gasteiger partial charge is 0.425 e. The Kier molecular flexibility index (Phi) is 2.62. The maximum Gasteiger partial charge on any atom is 0.298 e. The predicted octanol–water partition coefficient (Wildman–Crippen LogP) is -0.589. The number of aliphatic hydroxyl groups excluding tert-OH is 1. The molecule has 0 atom stereocenters. The van der Waals surface area contributed by atoms with E-state index in [1.807, 2.05) is 0 Å². The van der Waals surface area contributed by atoms with Crippen LogP contribution in [0.3, 0.4) is 0 Å². The average Bonchev–Trinajstić information content (AvgIpc) is 2.38. The molecule has 0 aliphatic heterocycles. The van der Waals surface area contributed by atoms with Crippen LogP contribution < -0.4 is 4.74 Å². The lowest BCUT2D eigenvalue weighted by Gasteiger charge is -1.93. The number of carbonyl (C=O) groups excluding carboxylic acids is 1. The van der Waals surface area contributed by atoms with E-state index in [1.165, 1.54) is 17.1 Å². The molecule has 0 radical (unpaired) electrons. The van der Waals surface area contributed by atoms with Gasteiger partial charge in [0.15, 0.2) is 5.75 Å². The molecule has 0 aliphatic rings. The van der Waals surface area contributed by atoms with Gasteiger partial charge in [-0.1, -0.05) is 0 Å². The molecule has 5 nitrogen and oxygen atoms in total. The third-order valence-corrected chi connectivity index (χ3v) is 1.12. The first kappa shape index (κ1) is 7.74. The second kappa shape index (κ2) is 3.72. The lowest BCUT2D eigenvalue weighted by Crippen LogP contribution is -2.01. The average molecular weight is 156 g/mol. The number of carbonyl (C=O) groups is 1. The van der Waals surface area contributed by atoms with Gasteiger partial charge in [0.25, 0.3) is 6.47 Å². The van der Waals surface area contributed by atoms with Crippen LogP contribution in [0.2, 0.25) is 0 Å². The molecule has 1 N–H and O–H groups in total. The standard InChI is InChI=1S/C6H8N2O3/c9-2-1-8-4-6(3-7-8)11-5-10/h3-5,9H,1-2H2. The Morgan fingerprint density at radius 2 is 2.64 bits per heavy atom. The van der Waals surface area contributed by atoms with Gasteiger partial charge < -0.3 is 9.84 Å². The van der Waals surface area contributed by atoms with Gasteiger partial charge in [-0.25, -0.2) is 0 Å². The maximum atomic E-state index is 9.83. The van der Waals surface area contributed by atoms with Crippen LogP contribution >= 0.6 is 0 Å². The van der Waals surface area contributed by atoms with E-state index in [0.717, 1.165) is 0 Å². The molecule has 0 fully saturated rings. The van der Waals surface area contributed by atoms with Gasteiger partial charge in [-0.2, -0.15) is 5.10 Å². The van der Waals surface area contributed by atoms with Crippen molar-refractivity contribution in [1.82, 2.24) is 9.78 Å². The summed E-state index contributed by atoms with van der Waals surface area (Å²) in [4.78, 5) is 9.83. The highest BCUT2D eigenvalue weighted by Gasteiger charge is 1.96. The summed E-state index contributed by atoms with van der Waals surface area (Å²) in [6.45, 7) is 0.755. The second-order valence-corrected chi connectivity index (χ2v) is 1.88. The zero-order valence-corrected chi connectivity index (χ0v) is 5.80. The summed E-state index contributed by atoms with van der Waals surface area (Å²) in [5.74, 6) is 0.383. The summed E-state index contributed by atoms with van der Waals surface area (Å²) in [5.41, 5.74) is 0. The van der Waals surface area contributed by atoms with E-state index in [2.05, 4.69) is 9.84 Å². The number of nitrogens with zero attached hydrogens (tertiary/aromatic N) is 2. The fourth-order valence-electron chi connectivity index (χ4n) is 0.686. The third-order valence-electron chi connectivity index (χ3n) is 1.12. The summed E-state index contributed by atoms with van der Waals surface area (Å²) >= 11 is 0. The maximum absolute atomic E-state index is 9.83. The molecule has 0 aliphatic carbocycles. The number of hydrogen-bond donors (Lipinski definition) is 1. The fourth-order valence-corrected chi connectivity index (χ4v) is 0.686. The van der Waals surface area contributed by atoms with Gasteiger partial charge in [-0.05, 0) is 0 Å². The quantitative estimate of drug-likeness (QED) is 0.592. The van der Waals surface area contributed by atoms with E-state index in [9.17, 15) is 4.79 Å². The van der Waals surface area contributed by atoms with E-state index in [0.29, 0.717) is 18.8 Å². The van der Waals surface area contributed by atoms with Crippen LogP contribution in [0, 0.1) is 0 Å². The molecule has 60 valence electrons. The van der Waals surface area contributed by atoms with Crippen LogP contribution in [-0.2, 0) is 11.3 Å². The van der Waals surface area contributed by atoms with Gasteiger partial charge in [-0.15, -0.1) is 0 Å². The summed E-state index contributed by atoms with van der Waals surface area (Å²) in [5, 5.41) is 12.3. The monoisotopic (exact) mass is 156 g/mol. The molecule has 0 saturated heterocycles. The van der Waals surface area contributed by atoms with E-state index in [1.54, 1.807) is 0 Å². The Morgan fingerprint density at radius 1 is 1.82 bits per heavy atom. The number of ether oxygens (including phenoxy) is 1. The smallest absolute Gasteiger partial charge is 0.298 e. The molecule has 1 aromatic heterocycles. The molecular formula is C6H8N2O3. The Bertz CT molecular complexity index is 233. The lowest BCUT2D eigenvalue weighted by atomic mass is 10.6. The van der Waals surface area contributed by atoms with E-state index >= 15 is 0 Å². The zero-order valence-electron chi connectivity index (χ0n) is 5.80. The van der Waals surface area contributed by atoms with Crippen molar-refractivity contribution in [3.05, 3.63) is 12.4 Å². The number of aromatic nitrogens is 2. The van der Waals surface area contributed by atoms with Gasteiger partial charge >= 0.3 is 0 Å². The van der Waals surface area contributed by atoms with Crippen LogP contribution in [0.15, 0.2) is 12.4 Å². The van der Waals surface area contributed by atoms with Crippen LogP contribution in [0.25, 0.3) is 0 Å². The van der Waals surface area contributed by atoms with Crippen molar-refractivity contribution in [2.24, 2.45) is 0 Å². The second-order valence-electron chi connectivity index (χ2n) is 1.88. The molecule has 1 rings (SSSR count). The Balaban J connectivity index is 2.57. The first-order chi connectivity index (χ1) is 5.36. The molecule has 1 heterocycles. The van der Waals surface area contributed by atoms with Crippen molar-refractivity contribution in [2.45, 2.75) is 6.54 Å². The molecular weight excluding hydrogens is 148 g/mol. The number of rotatable bonds is 4. The molecule has 0 bridgehead atoms. The minimum absolute atomic E-state index is 0.0161. The minimum atomic E-state index is 0.0161. The molecule has 0 spiro atoms. The van der Waals surface area contributed by atoms with E-state index < -0.39 is 0 Å². The molecule has 0 aromatic carbocycles. The zero-order chi connectivity index (χ0) is 8.10. The summed E-state index contributed by atoms with van der Waals surface area (Å²) < 4.78 is 5.97. The minimum Gasteiger partial charge on any atom is -0.425 e.